The maximum Gasteiger partial charge on any atom is 0.269 e. The molecule has 0 aliphatic rings. The van der Waals surface area contributed by atoms with Crippen molar-refractivity contribution in [3.8, 4) is 5.75 Å². The van der Waals surface area contributed by atoms with E-state index in [-0.39, 0.29) is 17.2 Å². The van der Waals surface area contributed by atoms with Crippen molar-refractivity contribution in [1.29, 1.82) is 0 Å². The van der Waals surface area contributed by atoms with Crippen molar-refractivity contribution in [3.63, 3.8) is 0 Å². The number of carbonyl (C=O) groups is 2. The van der Waals surface area contributed by atoms with Gasteiger partial charge in [-0.3, -0.25) is 20.4 Å². The number of benzene rings is 1. The topological polar surface area (TPSA) is 67.4 Å². The Labute approximate surface area is 119 Å². The van der Waals surface area contributed by atoms with Crippen molar-refractivity contribution in [2.75, 3.05) is 6.61 Å². The molecule has 0 bridgehead atoms. The lowest BCUT2D eigenvalue weighted by Crippen LogP contribution is -2.42. The molecular weight excluding hydrogens is 256 g/mol. The van der Waals surface area contributed by atoms with Crippen LogP contribution < -0.4 is 15.6 Å². The van der Waals surface area contributed by atoms with Crippen LogP contribution in [-0.2, 0) is 4.79 Å². The van der Waals surface area contributed by atoms with Gasteiger partial charge in [-0.1, -0.05) is 20.8 Å². The van der Waals surface area contributed by atoms with Gasteiger partial charge in [-0.15, -0.1) is 0 Å². The summed E-state index contributed by atoms with van der Waals surface area (Å²) >= 11 is 0. The number of carbonyl (C=O) groups excluding carboxylic acids is 2. The molecule has 1 aromatic rings. The van der Waals surface area contributed by atoms with E-state index in [0.29, 0.717) is 24.3 Å². The van der Waals surface area contributed by atoms with Crippen LogP contribution in [0.5, 0.6) is 5.75 Å². The average Bonchev–Trinajstić information content (AvgIpc) is 2.35. The predicted molar refractivity (Wildman–Crippen MR) is 77.3 cm³/mol. The summed E-state index contributed by atoms with van der Waals surface area (Å²) in [4.78, 5) is 23.4. The zero-order valence-electron chi connectivity index (χ0n) is 12.4. The third-order valence-corrected chi connectivity index (χ3v) is 2.43. The fourth-order valence-electron chi connectivity index (χ4n) is 1.59. The third-order valence-electron chi connectivity index (χ3n) is 2.43. The smallest absolute Gasteiger partial charge is 0.269 e. The molecule has 5 nitrogen and oxygen atoms in total. The van der Waals surface area contributed by atoms with Gasteiger partial charge < -0.3 is 4.74 Å². The van der Waals surface area contributed by atoms with Crippen molar-refractivity contribution in [3.05, 3.63) is 29.8 Å². The largest absolute Gasteiger partial charge is 0.494 e. The Morgan fingerprint density at radius 1 is 1.10 bits per heavy atom. The number of hydrogen-bond donors (Lipinski definition) is 2. The van der Waals surface area contributed by atoms with Crippen LogP contribution in [-0.4, -0.2) is 18.4 Å². The number of ether oxygens (including phenoxy) is 1. The monoisotopic (exact) mass is 278 g/mol. The van der Waals surface area contributed by atoms with Crippen LogP contribution in [0.2, 0.25) is 0 Å². The molecule has 0 aliphatic heterocycles. The molecule has 0 aliphatic carbocycles. The summed E-state index contributed by atoms with van der Waals surface area (Å²) in [6.45, 7) is 8.35. The van der Waals surface area contributed by atoms with Gasteiger partial charge >= 0.3 is 0 Å². The van der Waals surface area contributed by atoms with Gasteiger partial charge in [-0.2, -0.15) is 0 Å². The fraction of sp³-hybridized carbons (Fsp3) is 0.467. The average molecular weight is 278 g/mol. The van der Waals surface area contributed by atoms with E-state index in [1.54, 1.807) is 24.3 Å². The second-order valence-electron chi connectivity index (χ2n) is 5.70. The molecule has 0 fully saturated rings. The van der Waals surface area contributed by atoms with Crippen LogP contribution >= 0.6 is 0 Å². The summed E-state index contributed by atoms with van der Waals surface area (Å²) in [6.07, 6.45) is 0.344. The van der Waals surface area contributed by atoms with Gasteiger partial charge in [-0.05, 0) is 36.6 Å². The molecule has 0 saturated carbocycles. The number of hydrogen-bond acceptors (Lipinski definition) is 3. The van der Waals surface area contributed by atoms with E-state index in [1.165, 1.54) is 0 Å². The second kappa shape index (κ2) is 6.93. The van der Waals surface area contributed by atoms with Crippen molar-refractivity contribution in [1.82, 2.24) is 10.9 Å². The highest BCUT2D eigenvalue weighted by Gasteiger charge is 2.16. The zero-order valence-corrected chi connectivity index (χ0v) is 12.4. The number of rotatable bonds is 4. The van der Waals surface area contributed by atoms with Gasteiger partial charge in [0, 0.05) is 12.0 Å². The lowest BCUT2D eigenvalue weighted by Gasteiger charge is -2.17. The quantitative estimate of drug-likeness (QED) is 0.830. The summed E-state index contributed by atoms with van der Waals surface area (Å²) in [5, 5.41) is 0. The third kappa shape index (κ3) is 5.73. The lowest BCUT2D eigenvalue weighted by molar-refractivity contribution is -0.123. The van der Waals surface area contributed by atoms with Crippen LogP contribution in [0, 0.1) is 5.41 Å². The predicted octanol–water partition coefficient (Wildman–Crippen LogP) is 2.28. The summed E-state index contributed by atoms with van der Waals surface area (Å²) in [5.74, 6) is 0.146. The molecule has 5 heteroatoms. The Bertz CT molecular complexity index is 461. The first-order valence-corrected chi connectivity index (χ1v) is 6.64. The van der Waals surface area contributed by atoms with Crippen molar-refractivity contribution >= 4 is 11.8 Å². The Morgan fingerprint density at radius 2 is 1.70 bits per heavy atom. The zero-order chi connectivity index (χ0) is 15.2. The highest BCUT2D eigenvalue weighted by atomic mass is 16.5. The van der Waals surface area contributed by atoms with Gasteiger partial charge in [0.2, 0.25) is 5.91 Å². The summed E-state index contributed by atoms with van der Waals surface area (Å²) < 4.78 is 5.29. The van der Waals surface area contributed by atoms with Gasteiger partial charge in [0.1, 0.15) is 5.75 Å². The molecule has 0 atom stereocenters. The highest BCUT2D eigenvalue weighted by molar-refractivity contribution is 5.95. The highest BCUT2D eigenvalue weighted by Crippen LogP contribution is 2.17. The van der Waals surface area contributed by atoms with Gasteiger partial charge in [0.05, 0.1) is 6.61 Å². The molecule has 2 amide bonds. The van der Waals surface area contributed by atoms with E-state index >= 15 is 0 Å². The van der Waals surface area contributed by atoms with E-state index in [9.17, 15) is 9.59 Å². The maximum atomic E-state index is 11.8. The second-order valence-corrected chi connectivity index (χ2v) is 5.70. The molecule has 0 saturated heterocycles. The van der Waals surface area contributed by atoms with E-state index < -0.39 is 0 Å². The number of hydrazine groups is 1. The van der Waals surface area contributed by atoms with Gasteiger partial charge in [0.25, 0.3) is 5.91 Å². The van der Waals surface area contributed by atoms with Crippen LogP contribution in [0.3, 0.4) is 0 Å². The van der Waals surface area contributed by atoms with Crippen molar-refractivity contribution in [2.24, 2.45) is 5.41 Å². The van der Waals surface area contributed by atoms with Crippen LogP contribution in [0.4, 0.5) is 0 Å². The van der Waals surface area contributed by atoms with E-state index in [1.807, 2.05) is 27.7 Å². The Hall–Kier alpha value is -2.04. The Morgan fingerprint density at radius 3 is 2.20 bits per heavy atom. The van der Waals surface area contributed by atoms with Crippen LogP contribution in [0.15, 0.2) is 24.3 Å². The molecule has 0 radical (unpaired) electrons. The molecule has 0 unspecified atom stereocenters. The maximum absolute atomic E-state index is 11.8. The first-order valence-electron chi connectivity index (χ1n) is 6.64. The van der Waals surface area contributed by atoms with Gasteiger partial charge in [0.15, 0.2) is 0 Å². The molecule has 0 aromatic heterocycles. The van der Waals surface area contributed by atoms with Crippen molar-refractivity contribution < 1.29 is 14.3 Å². The fourth-order valence-corrected chi connectivity index (χ4v) is 1.59. The number of amides is 2. The minimum absolute atomic E-state index is 0.117. The molecule has 20 heavy (non-hydrogen) atoms. The standard InChI is InChI=1S/C15H22N2O3/c1-5-20-12-8-6-11(7-9-12)14(19)17-16-13(18)10-15(2,3)4/h6-9H,5,10H2,1-4H3,(H,16,18)(H,17,19). The first kappa shape index (κ1) is 16.0. The summed E-state index contributed by atoms with van der Waals surface area (Å²) in [7, 11) is 0. The molecule has 0 heterocycles. The summed E-state index contributed by atoms with van der Waals surface area (Å²) in [6, 6.07) is 6.73. The number of nitrogens with one attached hydrogen (secondary N) is 2. The molecule has 1 aromatic carbocycles. The SMILES string of the molecule is CCOc1ccc(C(=O)NNC(=O)CC(C)(C)C)cc1. The minimum Gasteiger partial charge on any atom is -0.494 e. The van der Waals surface area contributed by atoms with Crippen LogP contribution in [0.25, 0.3) is 0 Å². The Kier molecular flexibility index (Phi) is 5.55. The molecule has 1 rings (SSSR count). The van der Waals surface area contributed by atoms with E-state index in [2.05, 4.69) is 10.9 Å². The molecule has 0 spiro atoms. The summed E-state index contributed by atoms with van der Waals surface area (Å²) in [5.41, 5.74) is 5.15. The molecular formula is C15H22N2O3. The molecule has 2 N–H and O–H groups in total. The van der Waals surface area contributed by atoms with E-state index in [0.717, 1.165) is 0 Å². The molecule has 110 valence electrons. The normalized spacial score (nSPS) is 10.8. The van der Waals surface area contributed by atoms with E-state index in [4.69, 9.17) is 4.74 Å². The van der Waals surface area contributed by atoms with Crippen LogP contribution in [0.1, 0.15) is 44.5 Å². The van der Waals surface area contributed by atoms with Gasteiger partial charge in [-0.25, -0.2) is 0 Å². The first-order chi connectivity index (χ1) is 9.31. The lowest BCUT2D eigenvalue weighted by atomic mass is 9.92. The van der Waals surface area contributed by atoms with Crippen molar-refractivity contribution in [2.45, 2.75) is 34.1 Å². The minimum atomic E-state index is -0.352. The Balaban J connectivity index is 2.48.